The van der Waals surface area contributed by atoms with E-state index in [4.69, 9.17) is 16.3 Å². The minimum atomic E-state index is -0.528. The Morgan fingerprint density at radius 1 is 1.42 bits per heavy atom. The maximum Gasteiger partial charge on any atom is 0.411 e. The monoisotopic (exact) mass is 191 g/mol. The Bertz CT molecular complexity index is 155. The van der Waals surface area contributed by atoms with E-state index < -0.39 is 5.56 Å². The molecule has 0 N–H and O–H groups in total. The van der Waals surface area contributed by atoms with Crippen LogP contribution in [-0.2, 0) is 4.74 Å². The molecule has 3 nitrogen and oxygen atoms in total. The van der Waals surface area contributed by atoms with Gasteiger partial charge in [-0.3, -0.25) is 0 Å². The van der Waals surface area contributed by atoms with Gasteiger partial charge in [-0.05, 0) is 26.2 Å². The molecule has 0 radical (unpaired) electrons. The molecule has 1 amide bonds. The average Bonchev–Trinajstić information content (AvgIpc) is 2.05. The van der Waals surface area contributed by atoms with Crippen LogP contribution in [0.25, 0.3) is 0 Å². The minimum absolute atomic E-state index is 0.280. The lowest BCUT2D eigenvalue weighted by Gasteiger charge is -2.26. The number of alkyl halides is 1. The summed E-state index contributed by atoms with van der Waals surface area (Å²) in [4.78, 5) is 12.9. The highest BCUT2D eigenvalue weighted by Gasteiger charge is 2.18. The Labute approximate surface area is 77.6 Å². The molecule has 70 valence electrons. The van der Waals surface area contributed by atoms with E-state index in [0.29, 0.717) is 0 Å². The molecule has 1 aliphatic rings. The van der Waals surface area contributed by atoms with Crippen LogP contribution < -0.4 is 0 Å². The number of nitrogens with zero attached hydrogens (tertiary/aromatic N) is 1. The highest BCUT2D eigenvalue weighted by molar-refractivity contribution is 6.19. The first kappa shape index (κ1) is 9.65. The molecule has 1 rings (SSSR count). The Morgan fingerprint density at radius 3 is 2.50 bits per heavy atom. The molecule has 0 spiro atoms. The highest BCUT2D eigenvalue weighted by atomic mass is 35.5. The molecular formula is C8H14ClNO2. The summed E-state index contributed by atoms with van der Waals surface area (Å²) in [6, 6.07) is 0. The molecule has 12 heavy (non-hydrogen) atoms. The highest BCUT2D eigenvalue weighted by Crippen LogP contribution is 2.11. The Hall–Kier alpha value is -0.440. The van der Waals surface area contributed by atoms with Crippen LogP contribution in [0, 0.1) is 0 Å². The number of carbonyl (C=O) groups excluding carboxylic acids is 1. The van der Waals surface area contributed by atoms with Gasteiger partial charge in [-0.25, -0.2) is 4.79 Å². The molecule has 0 aliphatic carbocycles. The first-order chi connectivity index (χ1) is 5.70. The van der Waals surface area contributed by atoms with Gasteiger partial charge in [-0.2, -0.15) is 0 Å². The lowest BCUT2D eigenvalue weighted by molar-refractivity contribution is 0.0891. The van der Waals surface area contributed by atoms with E-state index in [1.165, 1.54) is 6.42 Å². The van der Waals surface area contributed by atoms with Crippen LogP contribution in [0.15, 0.2) is 0 Å². The predicted octanol–water partition coefficient (Wildman–Crippen LogP) is 2.19. The molecule has 1 saturated heterocycles. The number of amides is 1. The molecule has 1 unspecified atom stereocenters. The van der Waals surface area contributed by atoms with Crippen LogP contribution in [0.3, 0.4) is 0 Å². The molecule has 1 heterocycles. The van der Waals surface area contributed by atoms with Gasteiger partial charge in [0.05, 0.1) is 0 Å². The van der Waals surface area contributed by atoms with E-state index in [9.17, 15) is 4.79 Å². The van der Waals surface area contributed by atoms with Crippen LogP contribution in [0.2, 0.25) is 0 Å². The van der Waals surface area contributed by atoms with Gasteiger partial charge in [0.15, 0.2) is 5.56 Å². The van der Waals surface area contributed by atoms with Crippen molar-refractivity contribution in [1.29, 1.82) is 0 Å². The number of hydrogen-bond acceptors (Lipinski definition) is 2. The summed E-state index contributed by atoms with van der Waals surface area (Å²) in [5.41, 5.74) is -0.528. The minimum Gasteiger partial charge on any atom is -0.430 e. The van der Waals surface area contributed by atoms with Gasteiger partial charge in [0.2, 0.25) is 0 Å². The lowest BCUT2D eigenvalue weighted by atomic mass is 10.1. The van der Waals surface area contributed by atoms with Crippen molar-refractivity contribution in [2.75, 3.05) is 13.1 Å². The normalized spacial score (nSPS) is 20.3. The summed E-state index contributed by atoms with van der Waals surface area (Å²) in [7, 11) is 0. The quantitative estimate of drug-likeness (QED) is 0.595. The van der Waals surface area contributed by atoms with E-state index in [0.717, 1.165) is 25.9 Å². The van der Waals surface area contributed by atoms with Crippen molar-refractivity contribution in [3.05, 3.63) is 0 Å². The number of hydrogen-bond donors (Lipinski definition) is 0. The maximum atomic E-state index is 11.2. The van der Waals surface area contributed by atoms with Crippen LogP contribution in [0.4, 0.5) is 4.79 Å². The third kappa shape index (κ3) is 2.89. The molecule has 1 atom stereocenters. The fourth-order valence-electron chi connectivity index (χ4n) is 1.29. The number of ether oxygens (including phenoxy) is 1. The lowest BCUT2D eigenvalue weighted by Crippen LogP contribution is -2.36. The second kappa shape index (κ2) is 4.55. The van der Waals surface area contributed by atoms with Crippen molar-refractivity contribution < 1.29 is 9.53 Å². The molecule has 4 heteroatoms. The largest absolute Gasteiger partial charge is 0.430 e. The van der Waals surface area contributed by atoms with E-state index in [1.807, 2.05) is 0 Å². The fourth-order valence-corrected chi connectivity index (χ4v) is 1.37. The van der Waals surface area contributed by atoms with Gasteiger partial charge in [-0.1, -0.05) is 11.6 Å². The van der Waals surface area contributed by atoms with Crippen molar-refractivity contribution >= 4 is 17.7 Å². The zero-order valence-electron chi connectivity index (χ0n) is 7.25. The molecule has 0 aromatic carbocycles. The Kier molecular flexibility index (Phi) is 3.66. The number of piperidine rings is 1. The summed E-state index contributed by atoms with van der Waals surface area (Å²) in [5, 5.41) is 0. The number of carbonyl (C=O) groups is 1. The average molecular weight is 192 g/mol. The van der Waals surface area contributed by atoms with Gasteiger partial charge in [0.1, 0.15) is 0 Å². The predicted molar refractivity (Wildman–Crippen MR) is 47.2 cm³/mol. The Balaban J connectivity index is 2.30. The molecule has 0 aromatic heterocycles. The summed E-state index contributed by atoms with van der Waals surface area (Å²) in [6.45, 7) is 3.26. The summed E-state index contributed by atoms with van der Waals surface area (Å²) in [5.74, 6) is 0. The van der Waals surface area contributed by atoms with Crippen molar-refractivity contribution in [2.45, 2.75) is 31.7 Å². The van der Waals surface area contributed by atoms with Crippen LogP contribution in [0.1, 0.15) is 26.2 Å². The first-order valence-corrected chi connectivity index (χ1v) is 4.73. The van der Waals surface area contributed by atoms with E-state index in [1.54, 1.807) is 11.8 Å². The first-order valence-electron chi connectivity index (χ1n) is 4.30. The van der Waals surface area contributed by atoms with E-state index >= 15 is 0 Å². The topological polar surface area (TPSA) is 29.5 Å². The van der Waals surface area contributed by atoms with Crippen molar-refractivity contribution in [2.24, 2.45) is 0 Å². The van der Waals surface area contributed by atoms with Crippen molar-refractivity contribution in [3.8, 4) is 0 Å². The van der Waals surface area contributed by atoms with Crippen LogP contribution in [0.5, 0.6) is 0 Å². The van der Waals surface area contributed by atoms with E-state index in [-0.39, 0.29) is 6.09 Å². The summed E-state index contributed by atoms with van der Waals surface area (Å²) >= 11 is 5.52. The third-order valence-electron chi connectivity index (χ3n) is 1.88. The number of rotatable bonds is 1. The Morgan fingerprint density at radius 2 is 2.00 bits per heavy atom. The number of likely N-dealkylation sites (tertiary alicyclic amines) is 1. The molecular weight excluding hydrogens is 178 g/mol. The van der Waals surface area contributed by atoms with Gasteiger partial charge >= 0.3 is 6.09 Å². The van der Waals surface area contributed by atoms with Gasteiger partial charge < -0.3 is 9.64 Å². The molecule has 0 aromatic rings. The second-order valence-electron chi connectivity index (χ2n) is 2.97. The summed E-state index contributed by atoms with van der Waals surface area (Å²) < 4.78 is 4.84. The SMILES string of the molecule is CC(Cl)OC(=O)N1CCCCC1. The maximum absolute atomic E-state index is 11.2. The molecule has 0 saturated carbocycles. The van der Waals surface area contributed by atoms with Gasteiger partial charge in [0, 0.05) is 13.1 Å². The third-order valence-corrected chi connectivity index (χ3v) is 1.97. The van der Waals surface area contributed by atoms with Crippen molar-refractivity contribution in [1.82, 2.24) is 4.90 Å². The van der Waals surface area contributed by atoms with E-state index in [2.05, 4.69) is 0 Å². The standard InChI is InChI=1S/C8H14ClNO2/c1-7(9)12-8(11)10-5-3-2-4-6-10/h7H,2-6H2,1H3. The van der Waals surface area contributed by atoms with Crippen LogP contribution in [-0.4, -0.2) is 29.6 Å². The van der Waals surface area contributed by atoms with Crippen LogP contribution >= 0.6 is 11.6 Å². The zero-order chi connectivity index (χ0) is 8.97. The second-order valence-corrected chi connectivity index (χ2v) is 3.59. The molecule has 1 aliphatic heterocycles. The summed E-state index contributed by atoms with van der Waals surface area (Å²) in [6.07, 6.45) is 3.08. The van der Waals surface area contributed by atoms with Gasteiger partial charge in [0.25, 0.3) is 0 Å². The van der Waals surface area contributed by atoms with Gasteiger partial charge in [-0.15, -0.1) is 0 Å². The molecule has 0 bridgehead atoms. The fraction of sp³-hybridized carbons (Fsp3) is 0.875. The smallest absolute Gasteiger partial charge is 0.411 e. The van der Waals surface area contributed by atoms with Crippen molar-refractivity contribution in [3.63, 3.8) is 0 Å². The number of halogens is 1. The molecule has 1 fully saturated rings. The zero-order valence-corrected chi connectivity index (χ0v) is 8.01.